The molecule has 0 bridgehead atoms. The summed E-state index contributed by atoms with van der Waals surface area (Å²) < 4.78 is 4.45. The quantitative estimate of drug-likeness (QED) is 0.266. The van der Waals surface area contributed by atoms with Crippen LogP contribution in [-0.2, 0) is 28.7 Å². The van der Waals surface area contributed by atoms with Crippen LogP contribution in [-0.4, -0.2) is 71.2 Å². The second-order valence-electron chi connectivity index (χ2n) is 4.99. The summed E-state index contributed by atoms with van der Waals surface area (Å²) in [6.07, 6.45) is -0.390. The molecule has 11 heteroatoms. The van der Waals surface area contributed by atoms with E-state index >= 15 is 0 Å². The number of carbonyl (C=O) groups excluding carboxylic acids is 4. The van der Waals surface area contributed by atoms with Crippen molar-refractivity contribution in [2.75, 3.05) is 19.4 Å². The van der Waals surface area contributed by atoms with Gasteiger partial charge in [0.25, 0.3) is 0 Å². The summed E-state index contributed by atoms with van der Waals surface area (Å²) in [7, 11) is 1.15. The highest BCUT2D eigenvalue weighted by atomic mass is 32.1. The smallest absolute Gasteiger partial charge is 0.322 e. The monoisotopic (exact) mass is 377 g/mol. The van der Waals surface area contributed by atoms with E-state index < -0.39 is 48.3 Å². The number of esters is 1. The third kappa shape index (κ3) is 7.52. The second kappa shape index (κ2) is 11.4. The third-order valence-electron chi connectivity index (χ3n) is 3.21. The zero-order valence-corrected chi connectivity index (χ0v) is 15.0. The molecule has 3 amide bonds. The fourth-order valence-electron chi connectivity index (χ4n) is 1.89. The van der Waals surface area contributed by atoms with Crippen molar-refractivity contribution in [2.45, 2.75) is 38.3 Å². The highest BCUT2D eigenvalue weighted by Crippen LogP contribution is 2.10. The number of carboxylic acid groups (broad SMARTS) is 1. The van der Waals surface area contributed by atoms with Gasteiger partial charge in [0.2, 0.25) is 17.7 Å². The molecule has 0 saturated heterocycles. The Morgan fingerprint density at radius 2 is 1.84 bits per heavy atom. The molecule has 0 radical (unpaired) electrons. The molecule has 2 atom stereocenters. The number of aliphatic carboxylic acids is 1. The molecule has 25 heavy (non-hydrogen) atoms. The van der Waals surface area contributed by atoms with Crippen molar-refractivity contribution in [3.8, 4) is 0 Å². The molecule has 0 aliphatic carbocycles. The summed E-state index contributed by atoms with van der Waals surface area (Å²) in [5.41, 5.74) is 5.54. The van der Waals surface area contributed by atoms with E-state index in [2.05, 4.69) is 22.7 Å². The van der Waals surface area contributed by atoms with Gasteiger partial charge in [0.15, 0.2) is 0 Å². The summed E-state index contributed by atoms with van der Waals surface area (Å²) in [5, 5.41) is 10.7. The normalized spacial score (nSPS) is 12.6. The minimum absolute atomic E-state index is 0.0503. The number of nitrogens with one attached hydrogen (secondary N) is 1. The Bertz CT molecular complexity index is 527. The standard InChI is InChI=1S/C14H23N3O7S/c1-3-10(18)17(9(7-25)13(22)16-6-12(20)21)11(19)5-4-8(15)14(23)24-2/h8-9,25H,3-7,15H2,1-2H3,(H,16,22)(H,20,21). The van der Waals surface area contributed by atoms with E-state index in [4.69, 9.17) is 10.8 Å². The summed E-state index contributed by atoms with van der Waals surface area (Å²) in [6.45, 7) is 0.853. The first-order valence-electron chi connectivity index (χ1n) is 7.48. The summed E-state index contributed by atoms with van der Waals surface area (Å²) in [5.74, 6) is -4.31. The molecule has 0 spiro atoms. The molecule has 0 heterocycles. The van der Waals surface area contributed by atoms with Crippen LogP contribution in [0.25, 0.3) is 0 Å². The number of ether oxygens (including phenoxy) is 1. The zero-order chi connectivity index (χ0) is 19.6. The van der Waals surface area contributed by atoms with Gasteiger partial charge in [-0.15, -0.1) is 0 Å². The minimum atomic E-state index is -1.27. The van der Waals surface area contributed by atoms with Crippen LogP contribution in [0.5, 0.6) is 0 Å². The number of imide groups is 1. The van der Waals surface area contributed by atoms with Gasteiger partial charge in [-0.1, -0.05) is 6.92 Å². The first-order valence-corrected chi connectivity index (χ1v) is 8.11. The van der Waals surface area contributed by atoms with Crippen LogP contribution in [0.4, 0.5) is 0 Å². The molecule has 0 fully saturated rings. The van der Waals surface area contributed by atoms with Crippen molar-refractivity contribution in [2.24, 2.45) is 5.73 Å². The van der Waals surface area contributed by atoms with Crippen LogP contribution in [0.2, 0.25) is 0 Å². The van der Waals surface area contributed by atoms with Gasteiger partial charge in [-0.3, -0.25) is 28.9 Å². The number of nitrogens with zero attached hydrogens (tertiary/aromatic N) is 1. The number of methoxy groups -OCH3 is 1. The molecule has 0 aliphatic rings. The predicted molar refractivity (Wildman–Crippen MR) is 89.7 cm³/mol. The van der Waals surface area contributed by atoms with Gasteiger partial charge >= 0.3 is 11.9 Å². The first-order chi connectivity index (χ1) is 11.7. The molecule has 10 nitrogen and oxygen atoms in total. The first kappa shape index (κ1) is 22.9. The number of hydrogen-bond acceptors (Lipinski definition) is 8. The van der Waals surface area contributed by atoms with E-state index in [-0.39, 0.29) is 25.0 Å². The molecule has 0 aromatic carbocycles. The summed E-state index contributed by atoms with van der Waals surface area (Å²) >= 11 is 3.97. The van der Waals surface area contributed by atoms with Gasteiger partial charge in [0.1, 0.15) is 18.6 Å². The Morgan fingerprint density at radius 1 is 1.24 bits per heavy atom. The third-order valence-corrected chi connectivity index (χ3v) is 3.56. The number of hydrogen-bond donors (Lipinski definition) is 4. The van der Waals surface area contributed by atoms with E-state index in [1.807, 2.05) is 0 Å². The molecule has 0 aromatic heterocycles. The van der Waals surface area contributed by atoms with Crippen molar-refractivity contribution in [1.29, 1.82) is 0 Å². The SMILES string of the molecule is CCC(=O)N(C(=O)CCC(N)C(=O)OC)C(CS)C(=O)NCC(=O)O. The van der Waals surface area contributed by atoms with Gasteiger partial charge in [0, 0.05) is 18.6 Å². The average molecular weight is 377 g/mol. The maximum absolute atomic E-state index is 12.4. The van der Waals surface area contributed by atoms with Crippen molar-refractivity contribution in [3.63, 3.8) is 0 Å². The lowest BCUT2D eigenvalue weighted by atomic mass is 10.1. The molecule has 142 valence electrons. The largest absolute Gasteiger partial charge is 0.480 e. The number of amides is 3. The van der Waals surface area contributed by atoms with Crippen LogP contribution in [0.3, 0.4) is 0 Å². The Balaban J connectivity index is 5.15. The maximum Gasteiger partial charge on any atom is 0.322 e. The van der Waals surface area contributed by atoms with Crippen molar-refractivity contribution in [3.05, 3.63) is 0 Å². The Hall–Kier alpha value is -2.14. The Labute approximate surface area is 150 Å². The van der Waals surface area contributed by atoms with E-state index in [1.165, 1.54) is 6.92 Å². The average Bonchev–Trinajstić information content (AvgIpc) is 2.60. The van der Waals surface area contributed by atoms with E-state index in [1.54, 1.807) is 0 Å². The predicted octanol–water partition coefficient (Wildman–Crippen LogP) is -1.47. The molecule has 4 N–H and O–H groups in total. The van der Waals surface area contributed by atoms with Gasteiger partial charge in [0.05, 0.1) is 7.11 Å². The van der Waals surface area contributed by atoms with Crippen LogP contribution in [0, 0.1) is 0 Å². The molecule has 0 aliphatic heterocycles. The lowest BCUT2D eigenvalue weighted by Gasteiger charge is -2.28. The number of nitrogens with two attached hydrogens (primary N) is 1. The van der Waals surface area contributed by atoms with Crippen LogP contribution in [0.1, 0.15) is 26.2 Å². The van der Waals surface area contributed by atoms with Gasteiger partial charge in [-0.2, -0.15) is 12.6 Å². The van der Waals surface area contributed by atoms with Gasteiger partial charge < -0.3 is 20.9 Å². The van der Waals surface area contributed by atoms with E-state index in [9.17, 15) is 24.0 Å². The number of rotatable bonds is 10. The van der Waals surface area contributed by atoms with Gasteiger partial charge in [-0.25, -0.2) is 0 Å². The number of carboxylic acids is 1. The second-order valence-corrected chi connectivity index (χ2v) is 5.35. The fourth-order valence-corrected chi connectivity index (χ4v) is 2.22. The fraction of sp³-hybridized carbons (Fsp3) is 0.643. The topological polar surface area (TPSA) is 156 Å². The molecule has 0 rings (SSSR count). The van der Waals surface area contributed by atoms with Crippen LogP contribution in [0.15, 0.2) is 0 Å². The molecular weight excluding hydrogens is 354 g/mol. The molecule has 2 unspecified atom stereocenters. The maximum atomic E-state index is 12.4. The van der Waals surface area contributed by atoms with E-state index in [0.717, 1.165) is 12.0 Å². The highest BCUT2D eigenvalue weighted by molar-refractivity contribution is 7.80. The summed E-state index contributed by atoms with van der Waals surface area (Å²) in [6, 6.07) is -2.31. The lowest BCUT2D eigenvalue weighted by molar-refractivity contribution is -0.151. The van der Waals surface area contributed by atoms with Crippen LogP contribution < -0.4 is 11.1 Å². The minimum Gasteiger partial charge on any atom is -0.480 e. The van der Waals surface area contributed by atoms with Gasteiger partial charge in [-0.05, 0) is 6.42 Å². The summed E-state index contributed by atoms with van der Waals surface area (Å²) in [4.78, 5) is 59.1. The zero-order valence-electron chi connectivity index (χ0n) is 14.1. The highest BCUT2D eigenvalue weighted by Gasteiger charge is 2.33. The Kier molecular flexibility index (Phi) is 10.4. The van der Waals surface area contributed by atoms with Crippen molar-refractivity contribution in [1.82, 2.24) is 10.2 Å². The number of carbonyl (C=O) groups is 5. The molecule has 0 aromatic rings. The van der Waals surface area contributed by atoms with Crippen molar-refractivity contribution >= 4 is 42.3 Å². The molecule has 0 saturated carbocycles. The lowest BCUT2D eigenvalue weighted by Crippen LogP contribution is -2.54. The number of thiol groups is 1. The van der Waals surface area contributed by atoms with E-state index in [0.29, 0.717) is 0 Å². The molecular formula is C14H23N3O7S. The van der Waals surface area contributed by atoms with Crippen LogP contribution >= 0.6 is 12.6 Å². The van der Waals surface area contributed by atoms with Crippen molar-refractivity contribution < 1.29 is 33.8 Å². The Morgan fingerprint density at radius 3 is 2.28 bits per heavy atom.